The molecular weight excluding hydrogens is 376 g/mol. The first-order valence-electron chi connectivity index (χ1n) is 8.06. The maximum Gasteiger partial charge on any atom is 0.338 e. The summed E-state index contributed by atoms with van der Waals surface area (Å²) >= 11 is 5.96. The van der Waals surface area contributed by atoms with Crippen LogP contribution in [-0.2, 0) is 14.3 Å². The van der Waals surface area contributed by atoms with Gasteiger partial charge in [0, 0.05) is 0 Å². The van der Waals surface area contributed by atoms with Gasteiger partial charge < -0.3 is 29.4 Å². The van der Waals surface area contributed by atoms with E-state index in [1.807, 2.05) is 6.07 Å². The molecule has 0 saturated carbocycles. The second-order valence-corrected chi connectivity index (χ2v) is 5.84. The highest BCUT2D eigenvalue weighted by Gasteiger charge is 2.38. The summed E-state index contributed by atoms with van der Waals surface area (Å²) in [4.78, 5) is 12.6. The number of nitrogens with two attached hydrogens (primary N) is 1. The number of methoxy groups -OCH3 is 1. The molecule has 1 atom stereocenters. The third-order valence-corrected chi connectivity index (χ3v) is 4.37. The fourth-order valence-corrected chi connectivity index (χ4v) is 3.20. The van der Waals surface area contributed by atoms with E-state index in [1.54, 1.807) is 19.1 Å². The van der Waals surface area contributed by atoms with Crippen LogP contribution in [0.4, 0.5) is 0 Å². The van der Waals surface area contributed by atoms with E-state index >= 15 is 0 Å². The Balaban J connectivity index is 2.22. The third-order valence-electron chi connectivity index (χ3n) is 4.13. The van der Waals surface area contributed by atoms with Crippen molar-refractivity contribution in [2.75, 3.05) is 26.4 Å². The summed E-state index contributed by atoms with van der Waals surface area (Å²) in [5, 5.41) is 9.64. The summed E-state index contributed by atoms with van der Waals surface area (Å²) in [6, 6.07) is 5.33. The topological polar surface area (TPSA) is 113 Å². The first kappa shape index (κ1) is 18.7. The van der Waals surface area contributed by atoms with Crippen molar-refractivity contribution in [3.8, 4) is 23.3 Å². The smallest absolute Gasteiger partial charge is 0.338 e. The van der Waals surface area contributed by atoms with Gasteiger partial charge in [0.05, 0.1) is 31.1 Å². The Morgan fingerprint density at radius 2 is 2.22 bits per heavy atom. The number of carbonyl (C=O) groups excluding carboxylic acids is 1. The molecule has 0 saturated heterocycles. The number of nitriles is 1. The van der Waals surface area contributed by atoms with Gasteiger partial charge in [-0.25, -0.2) is 4.79 Å². The van der Waals surface area contributed by atoms with E-state index in [0.29, 0.717) is 22.8 Å². The number of rotatable bonds is 5. The van der Waals surface area contributed by atoms with Crippen molar-refractivity contribution in [3.05, 3.63) is 40.5 Å². The lowest BCUT2D eigenvalue weighted by Gasteiger charge is -2.27. The maximum atomic E-state index is 12.6. The molecule has 2 N–H and O–H groups in total. The fourth-order valence-electron chi connectivity index (χ4n) is 3.00. The highest BCUT2D eigenvalue weighted by atomic mass is 35.5. The van der Waals surface area contributed by atoms with Crippen molar-refractivity contribution in [2.24, 2.45) is 5.73 Å². The van der Waals surface area contributed by atoms with Gasteiger partial charge in [-0.05, 0) is 24.6 Å². The number of hydrogen-bond acceptors (Lipinski definition) is 8. The minimum Gasteiger partial charge on any atom is -0.493 e. The molecule has 0 bridgehead atoms. The van der Waals surface area contributed by atoms with E-state index in [4.69, 9.17) is 41.0 Å². The quantitative estimate of drug-likeness (QED) is 0.599. The van der Waals surface area contributed by atoms with Crippen molar-refractivity contribution in [1.29, 1.82) is 5.26 Å². The van der Waals surface area contributed by atoms with E-state index in [2.05, 4.69) is 0 Å². The van der Waals surface area contributed by atoms with Crippen LogP contribution >= 0.6 is 11.6 Å². The van der Waals surface area contributed by atoms with Crippen LogP contribution in [-0.4, -0.2) is 32.4 Å². The zero-order valence-corrected chi connectivity index (χ0v) is 15.5. The average Bonchev–Trinajstić information content (AvgIpc) is 3.14. The van der Waals surface area contributed by atoms with Gasteiger partial charge >= 0.3 is 5.97 Å². The molecule has 8 nitrogen and oxygen atoms in total. The largest absolute Gasteiger partial charge is 0.493 e. The lowest BCUT2D eigenvalue weighted by molar-refractivity contribution is -0.139. The molecule has 0 unspecified atom stereocenters. The monoisotopic (exact) mass is 392 g/mol. The Bertz CT molecular complexity index is 887. The SMILES string of the molecule is CCOC(=O)C1=C(CCl)OC(N)=C(C#N)[C@@H]1c1cc(OC)c2c(c1)OCO2. The van der Waals surface area contributed by atoms with E-state index < -0.39 is 11.9 Å². The van der Waals surface area contributed by atoms with Crippen LogP contribution in [0.2, 0.25) is 0 Å². The van der Waals surface area contributed by atoms with Crippen LogP contribution in [0.1, 0.15) is 18.4 Å². The molecule has 2 aliphatic rings. The number of halogens is 1. The van der Waals surface area contributed by atoms with E-state index in [0.717, 1.165) is 0 Å². The lowest BCUT2D eigenvalue weighted by atomic mass is 9.83. The summed E-state index contributed by atoms with van der Waals surface area (Å²) in [5.74, 6) is -0.319. The van der Waals surface area contributed by atoms with Crippen LogP contribution in [0.3, 0.4) is 0 Å². The van der Waals surface area contributed by atoms with Gasteiger partial charge in [0.15, 0.2) is 11.5 Å². The number of nitrogens with zero attached hydrogens (tertiary/aromatic N) is 1. The highest BCUT2D eigenvalue weighted by Crippen LogP contribution is 2.47. The summed E-state index contributed by atoms with van der Waals surface area (Å²) < 4.78 is 26.8. The molecule has 3 rings (SSSR count). The number of hydrogen-bond donors (Lipinski definition) is 1. The number of fused-ring (bicyclic) bond motifs is 1. The molecular formula is C18H17ClN2O6. The normalized spacial score (nSPS) is 18.1. The fraction of sp³-hybridized carbons (Fsp3) is 0.333. The number of carbonyl (C=O) groups is 1. The predicted molar refractivity (Wildman–Crippen MR) is 94.1 cm³/mol. The molecule has 0 radical (unpaired) electrons. The third kappa shape index (κ3) is 3.22. The zero-order valence-electron chi connectivity index (χ0n) is 14.7. The van der Waals surface area contributed by atoms with Crippen molar-refractivity contribution >= 4 is 17.6 Å². The average molecular weight is 393 g/mol. The molecule has 2 aliphatic heterocycles. The second kappa shape index (κ2) is 7.68. The molecule has 0 amide bonds. The molecule has 0 spiro atoms. The van der Waals surface area contributed by atoms with E-state index in [1.165, 1.54) is 7.11 Å². The summed E-state index contributed by atoms with van der Waals surface area (Å²) in [7, 11) is 1.48. The van der Waals surface area contributed by atoms with E-state index in [9.17, 15) is 10.1 Å². The van der Waals surface area contributed by atoms with Gasteiger partial charge in [0.25, 0.3) is 0 Å². The van der Waals surface area contributed by atoms with Crippen molar-refractivity contribution in [2.45, 2.75) is 12.8 Å². The van der Waals surface area contributed by atoms with Gasteiger partial charge in [0.1, 0.15) is 17.4 Å². The number of esters is 1. The zero-order chi connectivity index (χ0) is 19.6. The number of benzene rings is 1. The summed E-state index contributed by atoms with van der Waals surface area (Å²) in [6.07, 6.45) is 0. The molecule has 9 heteroatoms. The Morgan fingerprint density at radius 3 is 2.85 bits per heavy atom. The molecule has 0 aromatic heterocycles. The summed E-state index contributed by atoms with van der Waals surface area (Å²) in [6.45, 7) is 1.87. The minimum absolute atomic E-state index is 0.0412. The van der Waals surface area contributed by atoms with Crippen LogP contribution < -0.4 is 19.9 Å². The Labute approximate surface area is 160 Å². The molecule has 1 aromatic rings. The van der Waals surface area contributed by atoms with Crippen molar-refractivity contribution in [3.63, 3.8) is 0 Å². The second-order valence-electron chi connectivity index (χ2n) is 5.57. The minimum atomic E-state index is -0.847. The highest BCUT2D eigenvalue weighted by molar-refractivity contribution is 6.19. The lowest BCUT2D eigenvalue weighted by Crippen LogP contribution is -2.26. The van der Waals surface area contributed by atoms with Crippen molar-refractivity contribution in [1.82, 2.24) is 0 Å². The van der Waals surface area contributed by atoms with Gasteiger partial charge in [-0.15, -0.1) is 11.6 Å². The van der Waals surface area contributed by atoms with Crippen LogP contribution in [0.5, 0.6) is 17.2 Å². The standard InChI is InChI=1S/C18H17ClN2O6/c1-3-24-18(22)15-13(6-19)27-17(21)10(7-20)14(15)9-4-11(23-2)16-12(5-9)25-8-26-16/h4-5,14H,3,6,8,21H2,1-2H3/t14-/m0/s1. The Kier molecular flexibility index (Phi) is 5.33. The summed E-state index contributed by atoms with van der Waals surface area (Å²) in [5.41, 5.74) is 6.61. The molecule has 2 heterocycles. The Hall–Kier alpha value is -3.05. The first-order valence-corrected chi connectivity index (χ1v) is 8.60. The molecule has 0 aliphatic carbocycles. The molecule has 0 fully saturated rings. The predicted octanol–water partition coefficient (Wildman–Crippen LogP) is 2.29. The maximum absolute atomic E-state index is 12.6. The van der Waals surface area contributed by atoms with Gasteiger partial charge in [-0.3, -0.25) is 0 Å². The molecule has 27 heavy (non-hydrogen) atoms. The van der Waals surface area contributed by atoms with Crippen LogP contribution in [0.25, 0.3) is 0 Å². The van der Waals surface area contributed by atoms with Crippen LogP contribution in [0.15, 0.2) is 34.9 Å². The first-order chi connectivity index (χ1) is 13.0. The number of allylic oxidation sites excluding steroid dienone is 2. The number of ether oxygens (including phenoxy) is 5. The van der Waals surface area contributed by atoms with Gasteiger partial charge in [-0.2, -0.15) is 5.26 Å². The van der Waals surface area contributed by atoms with Gasteiger partial charge in [0.2, 0.25) is 18.4 Å². The van der Waals surface area contributed by atoms with Crippen LogP contribution in [0, 0.1) is 11.3 Å². The Morgan fingerprint density at radius 1 is 1.44 bits per heavy atom. The van der Waals surface area contributed by atoms with Gasteiger partial charge in [-0.1, -0.05) is 0 Å². The molecule has 1 aromatic carbocycles. The molecule has 142 valence electrons. The van der Waals surface area contributed by atoms with E-state index in [-0.39, 0.29) is 42.1 Å². The van der Waals surface area contributed by atoms with Crippen molar-refractivity contribution < 1.29 is 28.5 Å². The number of alkyl halides is 1.